The van der Waals surface area contributed by atoms with E-state index < -0.39 is 37.2 Å². The highest BCUT2D eigenvalue weighted by Crippen LogP contribution is 2.24. The molecule has 10 heteroatoms. The van der Waals surface area contributed by atoms with Gasteiger partial charge in [-0.3, -0.25) is 10.1 Å². The first-order valence-corrected chi connectivity index (χ1v) is 7.99. The summed E-state index contributed by atoms with van der Waals surface area (Å²) in [6.07, 6.45) is 0.519. The van der Waals surface area contributed by atoms with Crippen LogP contribution < -0.4 is 4.72 Å². The molecular weight excluding hydrogens is 397 g/mol. The molecule has 6 nitrogen and oxygen atoms in total. The fourth-order valence-electron chi connectivity index (χ4n) is 1.22. The summed E-state index contributed by atoms with van der Waals surface area (Å²) in [6, 6.07) is 0.558. The molecule has 1 aromatic rings. The van der Waals surface area contributed by atoms with Crippen LogP contribution in [0.4, 0.5) is 14.5 Å². The molecule has 0 aliphatic carbocycles. The van der Waals surface area contributed by atoms with Crippen molar-refractivity contribution in [3.8, 4) is 0 Å². The van der Waals surface area contributed by atoms with Crippen LogP contribution in [0.25, 0.3) is 0 Å². The number of hydrogen-bond acceptors (Lipinski definition) is 4. The predicted molar refractivity (Wildman–Crippen MR) is 71.7 cm³/mol. The van der Waals surface area contributed by atoms with Gasteiger partial charge in [0.2, 0.25) is 15.8 Å². The second kappa shape index (κ2) is 6.52. The van der Waals surface area contributed by atoms with E-state index in [1.807, 2.05) is 22.6 Å². The smallest absolute Gasteiger partial charge is 0.258 e. The highest BCUT2D eigenvalue weighted by Gasteiger charge is 2.25. The zero-order valence-electron chi connectivity index (χ0n) is 9.40. The molecule has 0 atom stereocenters. The maximum absolute atomic E-state index is 13.4. The second-order valence-corrected chi connectivity index (χ2v) is 6.25. The molecule has 0 saturated carbocycles. The number of hydrogen-bond donors (Lipinski definition) is 1. The fraction of sp³-hybridized carbons (Fsp3) is 0.333. The number of nitro benzene ring substituents is 1. The molecule has 0 aliphatic rings. The molecule has 0 amide bonds. The first kappa shape index (κ1) is 16.2. The van der Waals surface area contributed by atoms with E-state index >= 15 is 0 Å². The Morgan fingerprint density at radius 3 is 2.47 bits per heavy atom. The van der Waals surface area contributed by atoms with E-state index in [4.69, 9.17) is 0 Å². The van der Waals surface area contributed by atoms with Gasteiger partial charge in [-0.25, -0.2) is 17.5 Å². The van der Waals surface area contributed by atoms with Crippen molar-refractivity contribution in [2.24, 2.45) is 0 Å². The molecule has 106 valence electrons. The van der Waals surface area contributed by atoms with Crippen LogP contribution >= 0.6 is 22.6 Å². The lowest BCUT2D eigenvalue weighted by atomic mass is 10.3. The number of nitro groups is 1. The third kappa shape index (κ3) is 4.04. The maximum Gasteiger partial charge on any atom is 0.306 e. The lowest BCUT2D eigenvalue weighted by Gasteiger charge is -2.07. The second-order valence-electron chi connectivity index (χ2n) is 3.43. The van der Waals surface area contributed by atoms with E-state index in [1.165, 1.54) is 0 Å². The number of benzene rings is 1. The largest absolute Gasteiger partial charge is 0.306 e. The Labute approximate surface area is 121 Å². The first-order valence-electron chi connectivity index (χ1n) is 4.98. The van der Waals surface area contributed by atoms with Crippen LogP contribution in [0.2, 0.25) is 0 Å². The summed E-state index contributed by atoms with van der Waals surface area (Å²) >= 11 is 2.03. The van der Waals surface area contributed by atoms with Gasteiger partial charge < -0.3 is 0 Å². The van der Waals surface area contributed by atoms with E-state index in [1.54, 1.807) is 0 Å². The van der Waals surface area contributed by atoms with Gasteiger partial charge in [-0.05, 0) is 6.42 Å². The molecular formula is C9H9F2IN2O4S. The summed E-state index contributed by atoms with van der Waals surface area (Å²) in [5, 5.41) is 10.5. The summed E-state index contributed by atoms with van der Waals surface area (Å²) in [5.41, 5.74) is -1.09. The van der Waals surface area contributed by atoms with Crippen LogP contribution in [-0.2, 0) is 10.0 Å². The van der Waals surface area contributed by atoms with Crippen molar-refractivity contribution < 1.29 is 22.1 Å². The minimum atomic E-state index is -4.24. The molecule has 0 aliphatic heterocycles. The highest BCUT2D eigenvalue weighted by atomic mass is 127. The van der Waals surface area contributed by atoms with Crippen molar-refractivity contribution in [2.45, 2.75) is 11.3 Å². The molecule has 0 unspecified atom stereocenters. The zero-order chi connectivity index (χ0) is 14.6. The standard InChI is InChI=1S/C9H9F2IN2O4S/c10-6-4-7(11)9(5-8(6)14(15)16)19(17,18)13-3-1-2-12/h4-5,13H,1-3H2. The molecule has 0 spiro atoms. The Hall–Kier alpha value is -0.880. The fourth-order valence-corrected chi connectivity index (χ4v) is 2.75. The number of nitrogens with one attached hydrogen (secondary N) is 1. The normalized spacial score (nSPS) is 11.5. The van der Waals surface area contributed by atoms with Crippen molar-refractivity contribution in [1.29, 1.82) is 0 Å². The van der Waals surface area contributed by atoms with Crippen LogP contribution in [-0.4, -0.2) is 24.3 Å². The number of rotatable bonds is 6. The molecule has 0 saturated heterocycles. The summed E-state index contributed by atoms with van der Waals surface area (Å²) in [5.74, 6) is -2.79. The van der Waals surface area contributed by atoms with Gasteiger partial charge in [-0.15, -0.1) is 0 Å². The molecule has 0 radical (unpaired) electrons. The Morgan fingerprint density at radius 2 is 1.95 bits per heavy atom. The quantitative estimate of drug-likeness (QED) is 0.257. The van der Waals surface area contributed by atoms with Crippen LogP contribution in [0, 0.1) is 21.7 Å². The third-order valence-corrected chi connectivity index (χ3v) is 4.33. The molecule has 0 bridgehead atoms. The van der Waals surface area contributed by atoms with Gasteiger partial charge >= 0.3 is 5.69 Å². The van der Waals surface area contributed by atoms with Gasteiger partial charge in [-0.1, -0.05) is 22.6 Å². The zero-order valence-corrected chi connectivity index (χ0v) is 12.4. The third-order valence-electron chi connectivity index (χ3n) is 2.09. The summed E-state index contributed by atoms with van der Waals surface area (Å²) in [4.78, 5) is 8.45. The minimum absolute atomic E-state index is 0.0654. The monoisotopic (exact) mass is 406 g/mol. The lowest BCUT2D eigenvalue weighted by Crippen LogP contribution is -2.26. The molecule has 0 heterocycles. The molecule has 0 aromatic heterocycles. The predicted octanol–water partition coefficient (Wildman–Crippen LogP) is 1.98. The highest BCUT2D eigenvalue weighted by molar-refractivity contribution is 14.1. The number of sulfonamides is 1. The SMILES string of the molecule is O=[N+]([O-])c1cc(S(=O)(=O)NCCCI)c(F)cc1F. The molecule has 1 N–H and O–H groups in total. The van der Waals surface area contributed by atoms with Gasteiger partial charge in [-0.2, -0.15) is 4.39 Å². The van der Waals surface area contributed by atoms with Gasteiger partial charge in [0.1, 0.15) is 10.7 Å². The van der Waals surface area contributed by atoms with E-state index in [0.29, 0.717) is 16.9 Å². The van der Waals surface area contributed by atoms with Crippen LogP contribution in [0.5, 0.6) is 0 Å². The van der Waals surface area contributed by atoms with Gasteiger partial charge in [0.25, 0.3) is 0 Å². The molecule has 0 fully saturated rings. The van der Waals surface area contributed by atoms with Gasteiger partial charge in [0, 0.05) is 23.1 Å². The Kier molecular flexibility index (Phi) is 5.55. The number of halogens is 3. The number of alkyl halides is 1. The van der Waals surface area contributed by atoms with E-state index in [0.717, 1.165) is 0 Å². The molecule has 19 heavy (non-hydrogen) atoms. The van der Waals surface area contributed by atoms with E-state index in [2.05, 4.69) is 4.72 Å². The van der Waals surface area contributed by atoms with Crippen molar-refractivity contribution in [2.75, 3.05) is 11.0 Å². The summed E-state index contributed by atoms with van der Waals surface area (Å²) in [6.45, 7) is 0.0654. The summed E-state index contributed by atoms with van der Waals surface area (Å²) < 4.78 is 52.7. The first-order chi connectivity index (χ1) is 8.79. The topological polar surface area (TPSA) is 89.3 Å². The summed E-state index contributed by atoms with van der Waals surface area (Å²) in [7, 11) is -4.24. The van der Waals surface area contributed by atoms with Gasteiger partial charge in [0.05, 0.1) is 4.92 Å². The average molecular weight is 406 g/mol. The van der Waals surface area contributed by atoms with E-state index in [9.17, 15) is 27.3 Å². The van der Waals surface area contributed by atoms with Crippen molar-refractivity contribution in [1.82, 2.24) is 4.72 Å². The van der Waals surface area contributed by atoms with Crippen LogP contribution in [0.1, 0.15) is 6.42 Å². The molecule has 1 aromatic carbocycles. The Balaban J connectivity index is 3.19. The Bertz CT molecular complexity index is 594. The van der Waals surface area contributed by atoms with E-state index in [-0.39, 0.29) is 12.6 Å². The maximum atomic E-state index is 13.4. The Morgan fingerprint density at radius 1 is 1.32 bits per heavy atom. The van der Waals surface area contributed by atoms with Crippen LogP contribution in [0.3, 0.4) is 0 Å². The lowest BCUT2D eigenvalue weighted by molar-refractivity contribution is -0.387. The van der Waals surface area contributed by atoms with Crippen LogP contribution in [0.15, 0.2) is 17.0 Å². The van der Waals surface area contributed by atoms with Crippen molar-refractivity contribution in [3.05, 3.63) is 33.9 Å². The minimum Gasteiger partial charge on any atom is -0.258 e. The van der Waals surface area contributed by atoms with Gasteiger partial charge in [0.15, 0.2) is 0 Å². The average Bonchev–Trinajstić information content (AvgIpc) is 2.28. The number of nitrogens with zero attached hydrogens (tertiary/aromatic N) is 1. The molecule has 1 rings (SSSR count). The van der Waals surface area contributed by atoms with Crippen molar-refractivity contribution in [3.63, 3.8) is 0 Å². The van der Waals surface area contributed by atoms with Crippen molar-refractivity contribution >= 4 is 38.3 Å².